The number of fused-ring (bicyclic) bond motifs is 1. The monoisotopic (exact) mass is 552 g/mol. The highest BCUT2D eigenvalue weighted by atomic mass is 32.2. The number of carboxylic acids is 1. The number of amides is 4. The van der Waals surface area contributed by atoms with Gasteiger partial charge in [0.25, 0.3) is 0 Å². The minimum atomic E-state index is -1.44. The summed E-state index contributed by atoms with van der Waals surface area (Å²) in [5.74, 6) is -4.11. The van der Waals surface area contributed by atoms with Crippen LogP contribution in [-0.4, -0.2) is 81.6 Å². The van der Waals surface area contributed by atoms with Gasteiger partial charge in [-0.3, -0.25) is 19.2 Å². The van der Waals surface area contributed by atoms with E-state index in [1.54, 1.807) is 12.5 Å². The third kappa shape index (κ3) is 8.98. The van der Waals surface area contributed by atoms with E-state index in [-0.39, 0.29) is 18.6 Å². The number of carbonyl (C=O) groups is 5. The lowest BCUT2D eigenvalue weighted by molar-refractivity contribution is -0.142. The van der Waals surface area contributed by atoms with E-state index < -0.39 is 60.2 Å². The van der Waals surface area contributed by atoms with E-state index >= 15 is 0 Å². The van der Waals surface area contributed by atoms with Crippen molar-refractivity contribution in [3.8, 4) is 0 Å². The van der Waals surface area contributed by atoms with E-state index in [2.05, 4.69) is 33.6 Å². The molecule has 0 bridgehead atoms. The average Bonchev–Trinajstić information content (AvgIpc) is 3.26. The predicted molar refractivity (Wildman–Crippen MR) is 144 cm³/mol. The first kappa shape index (κ1) is 30.0. The molecular formula is C23H32N6O6S2. The van der Waals surface area contributed by atoms with Crippen molar-refractivity contribution in [3.05, 3.63) is 36.0 Å². The van der Waals surface area contributed by atoms with Crippen LogP contribution in [0.15, 0.2) is 30.5 Å². The van der Waals surface area contributed by atoms with Crippen LogP contribution in [-0.2, 0) is 30.4 Å². The number of thioether (sulfide) groups is 1. The van der Waals surface area contributed by atoms with Crippen molar-refractivity contribution >= 4 is 64.9 Å². The Morgan fingerprint density at radius 1 is 1.03 bits per heavy atom. The van der Waals surface area contributed by atoms with Crippen LogP contribution in [0.3, 0.4) is 0 Å². The normalized spacial score (nSPS) is 14.2. The number of thiol groups is 1. The Bertz CT molecular complexity index is 1130. The molecule has 37 heavy (non-hydrogen) atoms. The molecule has 0 fully saturated rings. The number of aromatic nitrogens is 1. The largest absolute Gasteiger partial charge is 0.480 e. The Labute approximate surface area is 223 Å². The second-order valence-electron chi connectivity index (χ2n) is 8.33. The zero-order chi connectivity index (χ0) is 27.5. The van der Waals surface area contributed by atoms with Crippen LogP contribution in [0.25, 0.3) is 10.9 Å². The summed E-state index contributed by atoms with van der Waals surface area (Å²) >= 11 is 5.51. The second kappa shape index (κ2) is 14.5. The van der Waals surface area contributed by atoms with E-state index in [0.717, 1.165) is 16.5 Å². The van der Waals surface area contributed by atoms with E-state index in [1.165, 1.54) is 11.8 Å². The van der Waals surface area contributed by atoms with Gasteiger partial charge in [0.05, 0.1) is 12.5 Å². The molecule has 0 radical (unpaired) electrons. The van der Waals surface area contributed by atoms with Gasteiger partial charge in [-0.25, -0.2) is 4.79 Å². The molecule has 2 rings (SSSR count). The minimum absolute atomic E-state index is 0.131. The standard InChI is InChI=1S/C23H32N6O6S2/c1-37-7-6-16(23(34)35)27-21(32)17(9-19(25)30)28-22(33)18(11-36)29-20(31)14(24)8-12-10-26-15-5-3-2-4-13(12)15/h2-5,10,14,16-18,26,36H,6-9,11,24H2,1H3,(H2,25,30)(H,27,32)(H,28,33)(H,29,31)(H,34,35). The highest BCUT2D eigenvalue weighted by Crippen LogP contribution is 2.18. The molecule has 1 aromatic heterocycles. The summed E-state index contributed by atoms with van der Waals surface area (Å²) in [7, 11) is 0. The van der Waals surface area contributed by atoms with Gasteiger partial charge < -0.3 is 37.5 Å². The summed E-state index contributed by atoms with van der Waals surface area (Å²) in [5, 5.41) is 17.4. The van der Waals surface area contributed by atoms with Crippen LogP contribution in [0.2, 0.25) is 0 Å². The van der Waals surface area contributed by atoms with Gasteiger partial charge in [0.15, 0.2) is 0 Å². The third-order valence-electron chi connectivity index (χ3n) is 5.53. The molecule has 4 atom stereocenters. The fraction of sp³-hybridized carbons (Fsp3) is 0.435. The van der Waals surface area contributed by atoms with E-state index in [0.29, 0.717) is 5.75 Å². The number of nitrogens with two attached hydrogens (primary N) is 2. The molecular weight excluding hydrogens is 520 g/mol. The maximum atomic E-state index is 12.8. The average molecular weight is 553 g/mol. The smallest absolute Gasteiger partial charge is 0.326 e. The summed E-state index contributed by atoms with van der Waals surface area (Å²) in [4.78, 5) is 64.3. The number of benzene rings is 1. The van der Waals surface area contributed by atoms with E-state index in [1.807, 2.05) is 24.3 Å². The first-order chi connectivity index (χ1) is 17.6. The van der Waals surface area contributed by atoms with Crippen molar-refractivity contribution in [2.45, 2.75) is 43.4 Å². The summed E-state index contributed by atoms with van der Waals surface area (Å²) in [6.45, 7) is 0. The van der Waals surface area contributed by atoms with Crippen molar-refractivity contribution < 1.29 is 29.1 Å². The van der Waals surface area contributed by atoms with Crippen molar-refractivity contribution in [2.24, 2.45) is 11.5 Å². The molecule has 1 heterocycles. The third-order valence-corrected chi connectivity index (χ3v) is 6.54. The van der Waals surface area contributed by atoms with Gasteiger partial charge in [-0.1, -0.05) is 18.2 Å². The first-order valence-electron chi connectivity index (χ1n) is 11.4. The fourth-order valence-electron chi connectivity index (χ4n) is 3.55. The molecule has 202 valence electrons. The number of para-hydroxylation sites is 1. The molecule has 0 aliphatic heterocycles. The van der Waals surface area contributed by atoms with E-state index in [4.69, 9.17) is 11.5 Å². The van der Waals surface area contributed by atoms with Crippen LogP contribution >= 0.6 is 24.4 Å². The summed E-state index contributed by atoms with van der Waals surface area (Å²) < 4.78 is 0. The van der Waals surface area contributed by atoms with Crippen molar-refractivity contribution in [1.29, 1.82) is 0 Å². The molecule has 9 N–H and O–H groups in total. The predicted octanol–water partition coefficient (Wildman–Crippen LogP) is -0.865. The number of aromatic amines is 1. The first-order valence-corrected chi connectivity index (χ1v) is 13.4. The minimum Gasteiger partial charge on any atom is -0.480 e. The van der Waals surface area contributed by atoms with Gasteiger partial charge in [-0.05, 0) is 36.5 Å². The molecule has 0 spiro atoms. The van der Waals surface area contributed by atoms with Gasteiger partial charge in [0, 0.05) is 22.9 Å². The van der Waals surface area contributed by atoms with Crippen molar-refractivity contribution in [3.63, 3.8) is 0 Å². The summed E-state index contributed by atoms with van der Waals surface area (Å²) in [6.07, 6.45) is 3.32. The number of aliphatic carboxylic acids is 1. The highest BCUT2D eigenvalue weighted by Gasteiger charge is 2.30. The van der Waals surface area contributed by atoms with Gasteiger partial charge in [0.2, 0.25) is 23.6 Å². The molecule has 12 nitrogen and oxygen atoms in total. The van der Waals surface area contributed by atoms with Crippen molar-refractivity contribution in [1.82, 2.24) is 20.9 Å². The number of primary amides is 1. The Morgan fingerprint density at radius 2 is 1.65 bits per heavy atom. The topological polar surface area (TPSA) is 209 Å². The van der Waals surface area contributed by atoms with Gasteiger partial charge >= 0.3 is 5.97 Å². The lowest BCUT2D eigenvalue weighted by Crippen LogP contribution is -2.58. The molecule has 14 heteroatoms. The van der Waals surface area contributed by atoms with Gasteiger partial charge in [-0.15, -0.1) is 0 Å². The Hall–Kier alpha value is -3.23. The van der Waals surface area contributed by atoms with Crippen LogP contribution in [0, 0.1) is 0 Å². The number of hydrogen-bond donors (Lipinski definition) is 8. The lowest BCUT2D eigenvalue weighted by Gasteiger charge is -2.24. The van der Waals surface area contributed by atoms with Crippen LogP contribution in [0.1, 0.15) is 18.4 Å². The number of hydrogen-bond acceptors (Lipinski definition) is 8. The Kier molecular flexibility index (Phi) is 11.8. The fourth-order valence-corrected chi connectivity index (χ4v) is 4.28. The maximum Gasteiger partial charge on any atom is 0.326 e. The summed E-state index contributed by atoms with van der Waals surface area (Å²) in [6, 6.07) is 2.72. The molecule has 0 saturated carbocycles. The number of rotatable bonds is 15. The molecule has 0 saturated heterocycles. The lowest BCUT2D eigenvalue weighted by atomic mass is 10.0. The molecule has 0 aliphatic rings. The molecule has 0 aliphatic carbocycles. The zero-order valence-electron chi connectivity index (χ0n) is 20.2. The highest BCUT2D eigenvalue weighted by molar-refractivity contribution is 7.98. The molecule has 2 aromatic rings. The van der Waals surface area contributed by atoms with Crippen molar-refractivity contribution in [2.75, 3.05) is 17.8 Å². The Morgan fingerprint density at radius 3 is 2.27 bits per heavy atom. The number of carboxylic acid groups (broad SMARTS) is 1. The molecule has 1 aromatic carbocycles. The van der Waals surface area contributed by atoms with Crippen LogP contribution in [0.5, 0.6) is 0 Å². The summed E-state index contributed by atoms with van der Waals surface area (Å²) in [5.41, 5.74) is 13.0. The Balaban J connectivity index is 2.04. The number of nitrogens with one attached hydrogen (secondary N) is 4. The number of H-pyrrole nitrogens is 1. The SMILES string of the molecule is CSCCC(NC(=O)C(CC(N)=O)NC(=O)C(CS)NC(=O)C(N)Cc1c[nH]c2ccccc12)C(=O)O. The maximum absolute atomic E-state index is 12.8. The van der Waals surface area contributed by atoms with Crippen LogP contribution in [0.4, 0.5) is 0 Å². The van der Waals surface area contributed by atoms with Gasteiger partial charge in [-0.2, -0.15) is 24.4 Å². The zero-order valence-corrected chi connectivity index (χ0v) is 21.9. The van der Waals surface area contributed by atoms with Gasteiger partial charge in [0.1, 0.15) is 18.1 Å². The number of carbonyl (C=O) groups excluding carboxylic acids is 4. The second-order valence-corrected chi connectivity index (χ2v) is 9.68. The molecule has 4 amide bonds. The van der Waals surface area contributed by atoms with E-state index in [9.17, 15) is 29.1 Å². The quantitative estimate of drug-likeness (QED) is 0.130. The van der Waals surface area contributed by atoms with Crippen LogP contribution < -0.4 is 27.4 Å². The molecule has 4 unspecified atom stereocenters.